The molecule has 0 atom stereocenters. The number of amides is 1. The molecule has 0 saturated heterocycles. The Morgan fingerprint density at radius 3 is 2.72 bits per heavy atom. The number of fused-ring (bicyclic) bond motifs is 1. The van der Waals surface area contributed by atoms with Gasteiger partial charge in [-0.1, -0.05) is 11.3 Å². The number of aromatic nitrogens is 1. The lowest BCUT2D eigenvalue weighted by Crippen LogP contribution is -2.12. The van der Waals surface area contributed by atoms with Gasteiger partial charge < -0.3 is 14.8 Å². The van der Waals surface area contributed by atoms with Gasteiger partial charge in [-0.25, -0.2) is 9.37 Å². The van der Waals surface area contributed by atoms with Crippen molar-refractivity contribution in [3.63, 3.8) is 0 Å². The molecule has 1 heterocycles. The summed E-state index contributed by atoms with van der Waals surface area (Å²) in [6, 6.07) is 11.4. The summed E-state index contributed by atoms with van der Waals surface area (Å²) in [5, 5.41) is 3.36. The molecule has 0 aliphatic heterocycles. The van der Waals surface area contributed by atoms with E-state index >= 15 is 0 Å². The summed E-state index contributed by atoms with van der Waals surface area (Å²) in [6.07, 6.45) is 0.877. The molecule has 7 heteroatoms. The number of halogens is 1. The Morgan fingerprint density at radius 2 is 1.96 bits per heavy atom. The van der Waals surface area contributed by atoms with Gasteiger partial charge in [0, 0.05) is 6.42 Å². The first-order chi connectivity index (χ1) is 12.1. The first kappa shape index (κ1) is 17.2. The van der Waals surface area contributed by atoms with Crippen molar-refractivity contribution in [3.8, 4) is 11.5 Å². The fraction of sp³-hybridized carbons (Fsp3) is 0.222. The molecule has 1 aromatic heterocycles. The Hall–Kier alpha value is -2.67. The SMILES string of the molecule is COc1ccc2nc(NC(=O)CCCOc3ccc(F)cc3)sc2c1. The second-order valence-electron chi connectivity index (χ2n) is 5.31. The highest BCUT2D eigenvalue weighted by Crippen LogP contribution is 2.29. The van der Waals surface area contributed by atoms with Gasteiger partial charge in [-0.3, -0.25) is 4.79 Å². The third kappa shape index (κ3) is 4.67. The lowest BCUT2D eigenvalue weighted by molar-refractivity contribution is -0.116. The number of ether oxygens (including phenoxy) is 2. The molecule has 0 unspecified atom stereocenters. The van der Waals surface area contributed by atoms with E-state index in [4.69, 9.17) is 9.47 Å². The van der Waals surface area contributed by atoms with Crippen molar-refractivity contribution in [2.45, 2.75) is 12.8 Å². The number of thiazole rings is 1. The van der Waals surface area contributed by atoms with Crippen molar-refractivity contribution in [2.75, 3.05) is 19.0 Å². The molecule has 0 aliphatic carbocycles. The van der Waals surface area contributed by atoms with Gasteiger partial charge in [-0.2, -0.15) is 0 Å². The van der Waals surface area contributed by atoms with E-state index in [-0.39, 0.29) is 11.7 Å². The van der Waals surface area contributed by atoms with Crippen LogP contribution in [0.15, 0.2) is 42.5 Å². The third-order valence-electron chi connectivity index (χ3n) is 3.47. The number of carbonyl (C=O) groups is 1. The highest BCUT2D eigenvalue weighted by Gasteiger charge is 2.08. The molecule has 0 fully saturated rings. The number of nitrogens with zero attached hydrogens (tertiary/aromatic N) is 1. The summed E-state index contributed by atoms with van der Waals surface area (Å²) < 4.78 is 24.4. The maximum atomic E-state index is 12.8. The number of methoxy groups -OCH3 is 1. The van der Waals surface area contributed by atoms with Crippen LogP contribution in [0.4, 0.5) is 9.52 Å². The average molecular weight is 360 g/mol. The van der Waals surface area contributed by atoms with Crippen LogP contribution in [-0.4, -0.2) is 24.6 Å². The van der Waals surface area contributed by atoms with E-state index < -0.39 is 0 Å². The van der Waals surface area contributed by atoms with E-state index in [1.54, 1.807) is 19.2 Å². The standard InChI is InChI=1S/C18H17FN2O3S/c1-23-14-8-9-15-16(11-14)25-18(20-15)21-17(22)3-2-10-24-13-6-4-12(19)5-7-13/h4-9,11H,2-3,10H2,1H3,(H,20,21,22). The predicted molar refractivity (Wildman–Crippen MR) is 95.9 cm³/mol. The molecular weight excluding hydrogens is 343 g/mol. The van der Waals surface area contributed by atoms with Crippen LogP contribution in [-0.2, 0) is 4.79 Å². The molecule has 2 aromatic carbocycles. The zero-order chi connectivity index (χ0) is 17.6. The quantitative estimate of drug-likeness (QED) is 0.640. The van der Waals surface area contributed by atoms with Gasteiger partial charge in [0.2, 0.25) is 5.91 Å². The average Bonchev–Trinajstić information content (AvgIpc) is 3.01. The van der Waals surface area contributed by atoms with Crippen molar-refractivity contribution in [1.29, 1.82) is 0 Å². The van der Waals surface area contributed by atoms with Gasteiger partial charge in [0.1, 0.15) is 17.3 Å². The number of carbonyl (C=O) groups excluding carboxylic acids is 1. The molecule has 1 amide bonds. The predicted octanol–water partition coefficient (Wildman–Crippen LogP) is 4.24. The number of anilines is 1. The molecule has 3 aromatic rings. The van der Waals surface area contributed by atoms with Crippen LogP contribution in [0.25, 0.3) is 10.2 Å². The Morgan fingerprint density at radius 1 is 1.20 bits per heavy atom. The second kappa shape index (κ2) is 7.94. The van der Waals surface area contributed by atoms with Gasteiger partial charge in [0.05, 0.1) is 23.9 Å². The number of benzene rings is 2. The van der Waals surface area contributed by atoms with Gasteiger partial charge in [0.25, 0.3) is 0 Å². The van der Waals surface area contributed by atoms with Crippen LogP contribution in [0.3, 0.4) is 0 Å². The van der Waals surface area contributed by atoms with Crippen LogP contribution in [0.1, 0.15) is 12.8 Å². The summed E-state index contributed by atoms with van der Waals surface area (Å²) >= 11 is 1.40. The van der Waals surface area contributed by atoms with E-state index in [1.807, 2.05) is 18.2 Å². The Kier molecular flexibility index (Phi) is 5.45. The third-order valence-corrected chi connectivity index (χ3v) is 4.41. The number of rotatable bonds is 7. The fourth-order valence-electron chi connectivity index (χ4n) is 2.22. The molecule has 0 radical (unpaired) electrons. The van der Waals surface area contributed by atoms with Crippen LogP contribution in [0.2, 0.25) is 0 Å². The first-order valence-electron chi connectivity index (χ1n) is 7.77. The zero-order valence-corrected chi connectivity index (χ0v) is 14.4. The summed E-state index contributed by atoms with van der Waals surface area (Å²) in [7, 11) is 1.61. The summed E-state index contributed by atoms with van der Waals surface area (Å²) in [6.45, 7) is 0.385. The highest BCUT2D eigenvalue weighted by atomic mass is 32.1. The number of hydrogen-bond donors (Lipinski definition) is 1. The summed E-state index contributed by atoms with van der Waals surface area (Å²) in [5.74, 6) is 0.919. The smallest absolute Gasteiger partial charge is 0.226 e. The maximum absolute atomic E-state index is 12.8. The molecule has 5 nitrogen and oxygen atoms in total. The van der Waals surface area contributed by atoms with Gasteiger partial charge in [-0.15, -0.1) is 0 Å². The minimum absolute atomic E-state index is 0.117. The summed E-state index contributed by atoms with van der Waals surface area (Å²) in [5.41, 5.74) is 0.820. The van der Waals surface area contributed by atoms with Crippen molar-refractivity contribution in [3.05, 3.63) is 48.3 Å². The van der Waals surface area contributed by atoms with Gasteiger partial charge >= 0.3 is 0 Å². The number of nitrogens with one attached hydrogen (secondary N) is 1. The molecule has 25 heavy (non-hydrogen) atoms. The first-order valence-corrected chi connectivity index (χ1v) is 8.58. The largest absolute Gasteiger partial charge is 0.497 e. The van der Waals surface area contributed by atoms with Crippen molar-refractivity contribution >= 4 is 32.6 Å². The molecular formula is C18H17FN2O3S. The van der Waals surface area contributed by atoms with Crippen LogP contribution in [0, 0.1) is 5.82 Å². The van der Waals surface area contributed by atoms with E-state index in [0.717, 1.165) is 16.0 Å². The monoisotopic (exact) mass is 360 g/mol. The minimum Gasteiger partial charge on any atom is -0.497 e. The molecule has 3 rings (SSSR count). The van der Waals surface area contributed by atoms with Crippen molar-refractivity contribution in [1.82, 2.24) is 4.98 Å². The topological polar surface area (TPSA) is 60.5 Å². The zero-order valence-electron chi connectivity index (χ0n) is 13.6. The number of hydrogen-bond acceptors (Lipinski definition) is 5. The fourth-order valence-corrected chi connectivity index (χ4v) is 3.13. The Labute approximate surface area is 148 Å². The van der Waals surface area contributed by atoms with E-state index in [0.29, 0.717) is 30.3 Å². The van der Waals surface area contributed by atoms with Crippen LogP contribution >= 0.6 is 11.3 Å². The molecule has 0 aliphatic rings. The second-order valence-corrected chi connectivity index (χ2v) is 6.34. The Balaban J connectivity index is 1.46. The van der Waals surface area contributed by atoms with Crippen molar-refractivity contribution in [2.24, 2.45) is 0 Å². The lowest BCUT2D eigenvalue weighted by Gasteiger charge is -2.05. The van der Waals surface area contributed by atoms with Crippen LogP contribution in [0.5, 0.6) is 11.5 Å². The molecule has 0 saturated carbocycles. The van der Waals surface area contributed by atoms with Crippen molar-refractivity contribution < 1.29 is 18.7 Å². The lowest BCUT2D eigenvalue weighted by atomic mass is 10.3. The molecule has 0 bridgehead atoms. The summed E-state index contributed by atoms with van der Waals surface area (Å²) in [4.78, 5) is 16.4. The normalized spacial score (nSPS) is 10.6. The van der Waals surface area contributed by atoms with E-state index in [9.17, 15) is 9.18 Å². The molecule has 1 N–H and O–H groups in total. The van der Waals surface area contributed by atoms with Gasteiger partial charge in [-0.05, 0) is 48.9 Å². The Bertz CT molecular complexity index is 864. The minimum atomic E-state index is -0.305. The van der Waals surface area contributed by atoms with Crippen LogP contribution < -0.4 is 14.8 Å². The molecule has 130 valence electrons. The van der Waals surface area contributed by atoms with E-state index in [2.05, 4.69) is 10.3 Å². The van der Waals surface area contributed by atoms with Gasteiger partial charge in [0.15, 0.2) is 5.13 Å². The molecule has 0 spiro atoms. The maximum Gasteiger partial charge on any atom is 0.226 e. The highest BCUT2D eigenvalue weighted by molar-refractivity contribution is 7.22. The van der Waals surface area contributed by atoms with E-state index in [1.165, 1.54) is 23.5 Å².